The molecule has 1 aliphatic heterocycles. The van der Waals surface area contributed by atoms with Crippen LogP contribution in [0.15, 0.2) is 48.5 Å². The molecular weight excluding hydrogens is 358 g/mol. The summed E-state index contributed by atoms with van der Waals surface area (Å²) < 4.78 is 5.49. The first-order valence-corrected chi connectivity index (χ1v) is 9.20. The molecule has 3 rings (SSSR count). The maximum Gasteiger partial charge on any atom is 0.255 e. The minimum Gasteiger partial charge on any atom is -0.376 e. The highest BCUT2D eigenvalue weighted by atomic mass is 16.5. The monoisotopic (exact) mass is 381 g/mol. The van der Waals surface area contributed by atoms with E-state index in [1.54, 1.807) is 48.5 Å². The van der Waals surface area contributed by atoms with Crippen LogP contribution in [-0.2, 0) is 9.53 Å². The van der Waals surface area contributed by atoms with Gasteiger partial charge in [-0.25, -0.2) is 0 Å². The van der Waals surface area contributed by atoms with Crippen LogP contribution in [0.2, 0.25) is 0 Å². The third-order valence-electron chi connectivity index (χ3n) is 4.36. The first kappa shape index (κ1) is 19.6. The van der Waals surface area contributed by atoms with Crippen LogP contribution in [0.1, 0.15) is 40.5 Å². The van der Waals surface area contributed by atoms with Crippen molar-refractivity contribution in [2.75, 3.05) is 23.8 Å². The van der Waals surface area contributed by atoms with Crippen LogP contribution >= 0.6 is 0 Å². The van der Waals surface area contributed by atoms with Gasteiger partial charge in [0.05, 0.1) is 6.10 Å². The van der Waals surface area contributed by atoms with Crippen LogP contribution < -0.4 is 16.0 Å². The van der Waals surface area contributed by atoms with Crippen molar-refractivity contribution in [3.05, 3.63) is 59.7 Å². The van der Waals surface area contributed by atoms with E-state index in [1.807, 2.05) is 0 Å². The standard InChI is InChI=1S/C21H23N3O4/c1-14(25)23-17-4-2-5-18(12-17)24-21(27)16-9-7-15(8-10-16)20(26)22-13-19-6-3-11-28-19/h2,4-5,7-10,12,19H,3,6,11,13H2,1H3,(H,22,26)(H,23,25)(H,24,27). The SMILES string of the molecule is CC(=O)Nc1cccc(NC(=O)c2ccc(C(=O)NCC3CCCO3)cc2)c1. The Morgan fingerprint density at radius 2 is 1.61 bits per heavy atom. The molecule has 1 unspecified atom stereocenters. The van der Waals surface area contributed by atoms with Gasteiger partial charge in [-0.05, 0) is 55.3 Å². The van der Waals surface area contributed by atoms with E-state index in [9.17, 15) is 14.4 Å². The fraction of sp³-hybridized carbons (Fsp3) is 0.286. The predicted molar refractivity (Wildman–Crippen MR) is 106 cm³/mol. The van der Waals surface area contributed by atoms with Crippen molar-refractivity contribution < 1.29 is 19.1 Å². The number of hydrogen-bond acceptors (Lipinski definition) is 4. The number of rotatable bonds is 6. The molecule has 0 radical (unpaired) electrons. The molecule has 1 atom stereocenters. The average molecular weight is 381 g/mol. The summed E-state index contributed by atoms with van der Waals surface area (Å²) in [6, 6.07) is 13.3. The number of nitrogens with one attached hydrogen (secondary N) is 3. The summed E-state index contributed by atoms with van der Waals surface area (Å²) in [5, 5.41) is 8.29. The molecular formula is C21H23N3O4. The van der Waals surface area contributed by atoms with Crippen LogP contribution in [0, 0.1) is 0 Å². The minimum atomic E-state index is -0.300. The van der Waals surface area contributed by atoms with Gasteiger partial charge in [-0.1, -0.05) is 6.07 Å². The van der Waals surface area contributed by atoms with Crippen molar-refractivity contribution >= 4 is 29.1 Å². The van der Waals surface area contributed by atoms with E-state index in [-0.39, 0.29) is 23.8 Å². The molecule has 0 saturated carbocycles. The Balaban J connectivity index is 1.57. The fourth-order valence-electron chi connectivity index (χ4n) is 2.97. The van der Waals surface area contributed by atoms with Crippen molar-refractivity contribution in [3.63, 3.8) is 0 Å². The van der Waals surface area contributed by atoms with Crippen LogP contribution in [-0.4, -0.2) is 37.0 Å². The molecule has 0 bridgehead atoms. The zero-order valence-electron chi connectivity index (χ0n) is 15.7. The summed E-state index contributed by atoms with van der Waals surface area (Å²) in [5.74, 6) is -0.673. The van der Waals surface area contributed by atoms with Gasteiger partial charge in [0, 0.05) is 42.6 Å². The molecule has 0 aromatic heterocycles. The largest absolute Gasteiger partial charge is 0.376 e. The molecule has 1 fully saturated rings. The number of ether oxygens (including phenoxy) is 1. The van der Waals surface area contributed by atoms with Gasteiger partial charge in [0.15, 0.2) is 0 Å². The molecule has 7 heteroatoms. The maximum absolute atomic E-state index is 12.4. The van der Waals surface area contributed by atoms with Crippen LogP contribution in [0.3, 0.4) is 0 Å². The molecule has 1 saturated heterocycles. The highest BCUT2D eigenvalue weighted by Gasteiger charge is 2.17. The Kier molecular flexibility index (Phi) is 6.39. The first-order chi connectivity index (χ1) is 13.5. The normalized spacial score (nSPS) is 15.7. The van der Waals surface area contributed by atoms with E-state index in [0.717, 1.165) is 19.4 Å². The first-order valence-electron chi connectivity index (χ1n) is 9.20. The Labute approximate surface area is 163 Å². The molecule has 2 aromatic rings. The van der Waals surface area contributed by atoms with E-state index < -0.39 is 0 Å². The van der Waals surface area contributed by atoms with Crippen LogP contribution in [0.25, 0.3) is 0 Å². The lowest BCUT2D eigenvalue weighted by Crippen LogP contribution is -2.31. The topological polar surface area (TPSA) is 96.5 Å². The van der Waals surface area contributed by atoms with E-state index in [4.69, 9.17) is 4.74 Å². The van der Waals surface area contributed by atoms with E-state index in [2.05, 4.69) is 16.0 Å². The van der Waals surface area contributed by atoms with Gasteiger partial charge >= 0.3 is 0 Å². The lowest BCUT2D eigenvalue weighted by molar-refractivity contribution is -0.114. The highest BCUT2D eigenvalue weighted by Crippen LogP contribution is 2.16. The van der Waals surface area contributed by atoms with Gasteiger partial charge in [-0.3, -0.25) is 14.4 Å². The van der Waals surface area contributed by atoms with E-state index in [1.165, 1.54) is 6.92 Å². The second-order valence-corrected chi connectivity index (χ2v) is 6.64. The molecule has 0 spiro atoms. The molecule has 1 aliphatic rings. The van der Waals surface area contributed by atoms with E-state index in [0.29, 0.717) is 29.0 Å². The molecule has 7 nitrogen and oxygen atoms in total. The van der Waals surface area contributed by atoms with Gasteiger partial charge in [-0.2, -0.15) is 0 Å². The van der Waals surface area contributed by atoms with Crippen molar-refractivity contribution in [1.82, 2.24) is 5.32 Å². The van der Waals surface area contributed by atoms with E-state index >= 15 is 0 Å². The molecule has 3 amide bonds. The van der Waals surface area contributed by atoms with Crippen molar-refractivity contribution in [2.24, 2.45) is 0 Å². The summed E-state index contributed by atoms with van der Waals surface area (Å²) in [6.07, 6.45) is 2.07. The van der Waals surface area contributed by atoms with Gasteiger partial charge in [0.25, 0.3) is 11.8 Å². The van der Waals surface area contributed by atoms with Gasteiger partial charge in [0.1, 0.15) is 0 Å². The Hall–Kier alpha value is -3.19. The maximum atomic E-state index is 12.4. The summed E-state index contributed by atoms with van der Waals surface area (Å²) in [6.45, 7) is 2.66. The van der Waals surface area contributed by atoms with Gasteiger partial charge < -0.3 is 20.7 Å². The lowest BCUT2D eigenvalue weighted by atomic mass is 10.1. The van der Waals surface area contributed by atoms with Crippen molar-refractivity contribution in [1.29, 1.82) is 0 Å². The molecule has 3 N–H and O–H groups in total. The predicted octanol–water partition coefficient (Wildman–Crippen LogP) is 2.81. The number of carbonyl (C=O) groups is 3. The molecule has 1 heterocycles. The van der Waals surface area contributed by atoms with Gasteiger partial charge in [-0.15, -0.1) is 0 Å². The highest BCUT2D eigenvalue weighted by molar-refractivity contribution is 6.05. The number of benzene rings is 2. The third kappa shape index (κ3) is 5.40. The molecule has 146 valence electrons. The second-order valence-electron chi connectivity index (χ2n) is 6.64. The Morgan fingerprint density at radius 1 is 0.964 bits per heavy atom. The number of hydrogen-bond donors (Lipinski definition) is 3. The quantitative estimate of drug-likeness (QED) is 0.717. The average Bonchev–Trinajstić information content (AvgIpc) is 3.19. The zero-order chi connectivity index (χ0) is 19.9. The zero-order valence-corrected chi connectivity index (χ0v) is 15.7. The Bertz CT molecular complexity index is 858. The summed E-state index contributed by atoms with van der Waals surface area (Å²) in [7, 11) is 0. The minimum absolute atomic E-state index is 0.0854. The fourth-order valence-corrected chi connectivity index (χ4v) is 2.97. The van der Waals surface area contributed by atoms with Crippen LogP contribution in [0.5, 0.6) is 0 Å². The smallest absolute Gasteiger partial charge is 0.255 e. The van der Waals surface area contributed by atoms with Crippen molar-refractivity contribution in [2.45, 2.75) is 25.9 Å². The van der Waals surface area contributed by atoms with Crippen molar-refractivity contribution in [3.8, 4) is 0 Å². The summed E-state index contributed by atoms with van der Waals surface area (Å²) in [4.78, 5) is 35.7. The van der Waals surface area contributed by atoms with Crippen LogP contribution in [0.4, 0.5) is 11.4 Å². The third-order valence-corrected chi connectivity index (χ3v) is 4.36. The van der Waals surface area contributed by atoms with Gasteiger partial charge in [0.2, 0.25) is 5.91 Å². The number of amides is 3. The molecule has 0 aliphatic carbocycles. The molecule has 2 aromatic carbocycles. The Morgan fingerprint density at radius 3 is 2.21 bits per heavy atom. The lowest BCUT2D eigenvalue weighted by Gasteiger charge is -2.11. The second kappa shape index (κ2) is 9.14. The summed E-state index contributed by atoms with van der Waals surface area (Å²) >= 11 is 0. The number of anilines is 2. The molecule has 28 heavy (non-hydrogen) atoms. The summed E-state index contributed by atoms with van der Waals surface area (Å²) in [5.41, 5.74) is 2.08. The number of carbonyl (C=O) groups excluding carboxylic acids is 3.